The van der Waals surface area contributed by atoms with Crippen molar-refractivity contribution in [2.45, 2.75) is 39.7 Å². The molecule has 0 aromatic carbocycles. The van der Waals surface area contributed by atoms with Crippen molar-refractivity contribution < 1.29 is 5.11 Å². The summed E-state index contributed by atoms with van der Waals surface area (Å²) in [4.78, 5) is 0. The number of nitrogens with one attached hydrogen (secondary N) is 1. The molecule has 0 amide bonds. The smallest absolute Gasteiger partial charge is 0.205 e. The Morgan fingerprint density at radius 1 is 1.47 bits per heavy atom. The lowest BCUT2D eigenvalue weighted by Gasteiger charge is -2.25. The second-order valence-electron chi connectivity index (χ2n) is 4.57. The van der Waals surface area contributed by atoms with E-state index < -0.39 is 5.60 Å². The molecule has 1 rings (SSSR count). The van der Waals surface area contributed by atoms with Crippen LogP contribution in [-0.4, -0.2) is 27.4 Å². The Balaban J connectivity index is 2.42. The van der Waals surface area contributed by atoms with Gasteiger partial charge in [0.15, 0.2) is 0 Å². The molecule has 0 aliphatic rings. The molecule has 1 atom stereocenters. The monoisotopic (exact) mass is 229 g/mol. The fourth-order valence-electron chi connectivity index (χ4n) is 1.59. The Kier molecular flexibility index (Phi) is 4.04. The molecule has 4 nitrogen and oxygen atoms in total. The van der Waals surface area contributed by atoms with Gasteiger partial charge in [-0.15, -0.1) is 10.2 Å². The molecule has 0 aliphatic heterocycles. The maximum absolute atomic E-state index is 10.0. The van der Waals surface area contributed by atoms with Crippen LogP contribution in [0.3, 0.4) is 0 Å². The maximum Gasteiger partial charge on any atom is 0.205 e. The molecule has 0 saturated heterocycles. The van der Waals surface area contributed by atoms with Crippen LogP contribution in [0.15, 0.2) is 0 Å². The molecule has 1 aromatic heterocycles. The Morgan fingerprint density at radius 2 is 2.13 bits per heavy atom. The Morgan fingerprint density at radius 3 is 2.60 bits per heavy atom. The van der Waals surface area contributed by atoms with E-state index in [9.17, 15) is 5.11 Å². The molecule has 1 heterocycles. The normalized spacial score (nSPS) is 15.3. The third-order valence-electron chi connectivity index (χ3n) is 1.99. The predicted octanol–water partition coefficient (Wildman–Crippen LogP) is 2.06. The van der Waals surface area contributed by atoms with Gasteiger partial charge < -0.3 is 10.4 Å². The number of rotatable bonds is 5. The highest BCUT2D eigenvalue weighted by atomic mass is 32.1. The number of aryl methyl sites for hydroxylation is 1. The van der Waals surface area contributed by atoms with Crippen molar-refractivity contribution in [2.75, 3.05) is 11.9 Å². The SMILES string of the molecule is Cc1nnc(NCC(C)(O)CC(C)C)s1. The van der Waals surface area contributed by atoms with E-state index in [0.29, 0.717) is 12.5 Å². The van der Waals surface area contributed by atoms with E-state index in [0.717, 1.165) is 16.6 Å². The fourth-order valence-corrected chi connectivity index (χ4v) is 2.17. The van der Waals surface area contributed by atoms with Gasteiger partial charge in [-0.05, 0) is 26.2 Å². The van der Waals surface area contributed by atoms with Gasteiger partial charge in [0.25, 0.3) is 0 Å². The van der Waals surface area contributed by atoms with Crippen molar-refractivity contribution in [1.29, 1.82) is 0 Å². The van der Waals surface area contributed by atoms with E-state index in [4.69, 9.17) is 0 Å². The van der Waals surface area contributed by atoms with E-state index in [1.165, 1.54) is 11.3 Å². The number of anilines is 1. The van der Waals surface area contributed by atoms with Gasteiger partial charge in [-0.2, -0.15) is 0 Å². The van der Waals surface area contributed by atoms with Gasteiger partial charge in [-0.3, -0.25) is 0 Å². The van der Waals surface area contributed by atoms with Crippen molar-refractivity contribution in [3.8, 4) is 0 Å². The fraction of sp³-hybridized carbons (Fsp3) is 0.800. The Hall–Kier alpha value is -0.680. The van der Waals surface area contributed by atoms with Crippen LogP contribution < -0.4 is 5.32 Å². The lowest BCUT2D eigenvalue weighted by atomic mass is 9.94. The van der Waals surface area contributed by atoms with Gasteiger partial charge in [-0.25, -0.2) is 0 Å². The molecular weight excluding hydrogens is 210 g/mol. The van der Waals surface area contributed by atoms with Gasteiger partial charge >= 0.3 is 0 Å². The zero-order valence-electron chi connectivity index (χ0n) is 9.74. The first-order valence-electron chi connectivity index (χ1n) is 5.15. The topological polar surface area (TPSA) is 58.0 Å². The Bertz CT molecular complexity index is 309. The van der Waals surface area contributed by atoms with E-state index in [1.54, 1.807) is 0 Å². The van der Waals surface area contributed by atoms with Crippen LogP contribution in [-0.2, 0) is 0 Å². The Labute approximate surface area is 94.7 Å². The lowest BCUT2D eigenvalue weighted by molar-refractivity contribution is 0.0515. The number of nitrogens with zero attached hydrogens (tertiary/aromatic N) is 2. The van der Waals surface area contributed by atoms with Gasteiger partial charge in [0.05, 0.1) is 5.60 Å². The van der Waals surface area contributed by atoms with Crippen molar-refractivity contribution in [1.82, 2.24) is 10.2 Å². The van der Waals surface area contributed by atoms with E-state index >= 15 is 0 Å². The standard InChI is InChI=1S/C10H19N3OS/c1-7(2)5-10(4,14)6-11-9-13-12-8(3)15-9/h7,14H,5-6H2,1-4H3,(H,11,13). The van der Waals surface area contributed by atoms with Crippen LogP contribution in [0, 0.1) is 12.8 Å². The zero-order valence-corrected chi connectivity index (χ0v) is 10.6. The molecule has 1 aromatic rings. The van der Waals surface area contributed by atoms with Crippen LogP contribution in [0.4, 0.5) is 5.13 Å². The van der Waals surface area contributed by atoms with Crippen LogP contribution in [0.5, 0.6) is 0 Å². The maximum atomic E-state index is 10.0. The van der Waals surface area contributed by atoms with E-state index in [-0.39, 0.29) is 0 Å². The summed E-state index contributed by atoms with van der Waals surface area (Å²) in [5.41, 5.74) is -0.687. The highest BCUT2D eigenvalue weighted by Crippen LogP contribution is 2.19. The van der Waals surface area contributed by atoms with Crippen LogP contribution >= 0.6 is 11.3 Å². The van der Waals surface area contributed by atoms with Gasteiger partial charge in [0.2, 0.25) is 5.13 Å². The summed E-state index contributed by atoms with van der Waals surface area (Å²) in [6.07, 6.45) is 0.776. The molecule has 15 heavy (non-hydrogen) atoms. The first-order valence-corrected chi connectivity index (χ1v) is 5.97. The molecule has 0 spiro atoms. The molecule has 0 bridgehead atoms. The molecule has 0 aliphatic carbocycles. The second kappa shape index (κ2) is 4.90. The molecular formula is C10H19N3OS. The molecule has 2 N–H and O–H groups in total. The number of hydrogen-bond donors (Lipinski definition) is 2. The molecule has 0 saturated carbocycles. The zero-order chi connectivity index (χ0) is 11.5. The molecule has 1 unspecified atom stereocenters. The highest BCUT2D eigenvalue weighted by Gasteiger charge is 2.21. The summed E-state index contributed by atoms with van der Waals surface area (Å²) >= 11 is 1.50. The molecule has 5 heteroatoms. The van der Waals surface area contributed by atoms with E-state index in [1.807, 2.05) is 13.8 Å². The first kappa shape index (κ1) is 12.4. The third kappa shape index (κ3) is 4.57. The van der Waals surface area contributed by atoms with Crippen LogP contribution in [0.25, 0.3) is 0 Å². The van der Waals surface area contributed by atoms with Crippen LogP contribution in [0.2, 0.25) is 0 Å². The van der Waals surface area contributed by atoms with Crippen molar-refractivity contribution in [3.05, 3.63) is 5.01 Å². The predicted molar refractivity (Wildman–Crippen MR) is 63.2 cm³/mol. The average molecular weight is 229 g/mol. The minimum atomic E-state index is -0.687. The summed E-state index contributed by atoms with van der Waals surface area (Å²) < 4.78 is 0. The van der Waals surface area contributed by atoms with Crippen molar-refractivity contribution >= 4 is 16.5 Å². The summed E-state index contributed by atoms with van der Waals surface area (Å²) in [6.45, 7) is 8.47. The van der Waals surface area contributed by atoms with Gasteiger partial charge in [0, 0.05) is 6.54 Å². The number of aromatic nitrogens is 2. The van der Waals surface area contributed by atoms with Gasteiger partial charge in [-0.1, -0.05) is 25.2 Å². The van der Waals surface area contributed by atoms with Crippen molar-refractivity contribution in [2.24, 2.45) is 5.92 Å². The highest BCUT2D eigenvalue weighted by molar-refractivity contribution is 7.15. The molecule has 86 valence electrons. The third-order valence-corrected chi connectivity index (χ3v) is 2.79. The number of aliphatic hydroxyl groups is 1. The number of hydrogen-bond acceptors (Lipinski definition) is 5. The minimum absolute atomic E-state index is 0.484. The van der Waals surface area contributed by atoms with Gasteiger partial charge in [0.1, 0.15) is 5.01 Å². The summed E-state index contributed by atoms with van der Waals surface area (Å²) in [5.74, 6) is 0.484. The summed E-state index contributed by atoms with van der Waals surface area (Å²) in [7, 11) is 0. The quantitative estimate of drug-likeness (QED) is 0.811. The summed E-state index contributed by atoms with van der Waals surface area (Å²) in [6, 6.07) is 0. The van der Waals surface area contributed by atoms with E-state index in [2.05, 4.69) is 29.4 Å². The molecule has 0 fully saturated rings. The average Bonchev–Trinajstić information content (AvgIpc) is 2.46. The van der Waals surface area contributed by atoms with Crippen LogP contribution in [0.1, 0.15) is 32.2 Å². The molecule has 0 radical (unpaired) electrons. The largest absolute Gasteiger partial charge is 0.388 e. The second-order valence-corrected chi connectivity index (χ2v) is 5.76. The lowest BCUT2D eigenvalue weighted by Crippen LogP contribution is -2.34. The summed E-state index contributed by atoms with van der Waals surface area (Å²) in [5, 5.41) is 22.7. The first-order chi connectivity index (χ1) is 6.89. The minimum Gasteiger partial charge on any atom is -0.388 e. The van der Waals surface area contributed by atoms with Crippen molar-refractivity contribution in [3.63, 3.8) is 0 Å².